The second-order valence-electron chi connectivity index (χ2n) is 8.65. The van der Waals surface area contributed by atoms with Crippen LogP contribution < -0.4 is 9.47 Å². The van der Waals surface area contributed by atoms with Gasteiger partial charge in [0, 0.05) is 6.42 Å². The van der Waals surface area contributed by atoms with Crippen LogP contribution in [0.25, 0.3) is 0 Å². The van der Waals surface area contributed by atoms with Gasteiger partial charge in [0.1, 0.15) is 24.2 Å². The van der Waals surface area contributed by atoms with Gasteiger partial charge in [-0.05, 0) is 59.2 Å². The maximum absolute atomic E-state index is 6.22. The zero-order chi connectivity index (χ0) is 21.5. The lowest BCUT2D eigenvalue weighted by atomic mass is 9.97. The molecule has 1 atom stereocenters. The highest BCUT2D eigenvalue weighted by Gasteiger charge is 2.13. The van der Waals surface area contributed by atoms with Crippen LogP contribution in [-0.2, 0) is 13.0 Å². The van der Waals surface area contributed by atoms with Crippen LogP contribution in [0.1, 0.15) is 68.7 Å². The van der Waals surface area contributed by atoms with E-state index in [1.54, 1.807) is 0 Å². The van der Waals surface area contributed by atoms with Gasteiger partial charge in [-0.25, -0.2) is 0 Å². The second-order valence-corrected chi connectivity index (χ2v) is 8.65. The molecule has 0 saturated carbocycles. The lowest BCUT2D eigenvalue weighted by molar-refractivity contribution is 0.218. The van der Waals surface area contributed by atoms with Crippen molar-refractivity contribution in [3.05, 3.63) is 95.1 Å². The molecular weight excluding hydrogens is 368 g/mol. The van der Waals surface area contributed by atoms with Crippen molar-refractivity contribution in [1.82, 2.24) is 0 Å². The van der Waals surface area contributed by atoms with Crippen molar-refractivity contribution >= 4 is 0 Å². The molecule has 2 heteroatoms. The van der Waals surface area contributed by atoms with E-state index in [2.05, 4.69) is 89.2 Å². The second kappa shape index (κ2) is 10.3. The van der Waals surface area contributed by atoms with E-state index >= 15 is 0 Å². The fourth-order valence-corrected chi connectivity index (χ4v) is 3.51. The van der Waals surface area contributed by atoms with Gasteiger partial charge in [0.15, 0.2) is 0 Å². The Morgan fingerprint density at radius 1 is 0.700 bits per heavy atom. The van der Waals surface area contributed by atoms with Crippen molar-refractivity contribution in [2.45, 2.75) is 65.6 Å². The third kappa shape index (κ3) is 6.13. The molecule has 0 amide bonds. The van der Waals surface area contributed by atoms with Crippen LogP contribution in [-0.4, -0.2) is 6.10 Å². The molecule has 0 aliphatic heterocycles. The molecule has 3 aromatic carbocycles. The fourth-order valence-electron chi connectivity index (χ4n) is 3.51. The van der Waals surface area contributed by atoms with Crippen molar-refractivity contribution in [2.75, 3.05) is 0 Å². The molecule has 0 N–H and O–H groups in total. The lowest BCUT2D eigenvalue weighted by Gasteiger charge is -2.19. The van der Waals surface area contributed by atoms with E-state index in [-0.39, 0.29) is 6.10 Å². The minimum atomic E-state index is 0.0522. The predicted molar refractivity (Wildman–Crippen MR) is 126 cm³/mol. The zero-order valence-corrected chi connectivity index (χ0v) is 18.9. The Morgan fingerprint density at radius 3 is 1.97 bits per heavy atom. The molecule has 0 spiro atoms. The molecule has 0 heterocycles. The molecule has 3 aromatic rings. The Hall–Kier alpha value is -2.74. The summed E-state index contributed by atoms with van der Waals surface area (Å²) < 4.78 is 12.4. The summed E-state index contributed by atoms with van der Waals surface area (Å²) in [5.41, 5.74) is 5.02. The van der Waals surface area contributed by atoms with Gasteiger partial charge in [0.25, 0.3) is 0 Å². The van der Waals surface area contributed by atoms with Gasteiger partial charge in [-0.15, -0.1) is 0 Å². The summed E-state index contributed by atoms with van der Waals surface area (Å²) in [4.78, 5) is 0. The molecule has 0 aliphatic carbocycles. The van der Waals surface area contributed by atoms with E-state index in [4.69, 9.17) is 9.47 Å². The molecule has 0 bridgehead atoms. The monoisotopic (exact) mass is 402 g/mol. The van der Waals surface area contributed by atoms with Gasteiger partial charge < -0.3 is 9.47 Å². The van der Waals surface area contributed by atoms with Crippen LogP contribution >= 0.6 is 0 Å². The Labute approximate surface area is 181 Å². The molecule has 0 saturated heterocycles. The lowest BCUT2D eigenvalue weighted by Crippen LogP contribution is -2.16. The number of rotatable bonds is 9. The van der Waals surface area contributed by atoms with Crippen LogP contribution in [0.4, 0.5) is 0 Å². The van der Waals surface area contributed by atoms with E-state index in [1.807, 2.05) is 18.2 Å². The average Bonchev–Trinajstić information content (AvgIpc) is 2.73. The van der Waals surface area contributed by atoms with Crippen molar-refractivity contribution in [2.24, 2.45) is 0 Å². The van der Waals surface area contributed by atoms with Crippen molar-refractivity contribution < 1.29 is 9.47 Å². The minimum absolute atomic E-state index is 0.0522. The van der Waals surface area contributed by atoms with Crippen LogP contribution in [0.15, 0.2) is 72.8 Å². The summed E-state index contributed by atoms with van der Waals surface area (Å²) >= 11 is 0. The highest BCUT2D eigenvalue weighted by molar-refractivity contribution is 5.39. The van der Waals surface area contributed by atoms with Gasteiger partial charge in [-0.1, -0.05) is 82.3 Å². The maximum atomic E-state index is 6.22. The summed E-state index contributed by atoms with van der Waals surface area (Å²) in [7, 11) is 0. The van der Waals surface area contributed by atoms with E-state index in [1.165, 1.54) is 22.3 Å². The quantitative estimate of drug-likeness (QED) is 0.368. The molecule has 158 valence electrons. The number of hydrogen-bond acceptors (Lipinski definition) is 2. The van der Waals surface area contributed by atoms with Crippen LogP contribution in [0.3, 0.4) is 0 Å². The van der Waals surface area contributed by atoms with E-state index in [0.717, 1.165) is 17.9 Å². The molecule has 30 heavy (non-hydrogen) atoms. The highest BCUT2D eigenvalue weighted by Crippen LogP contribution is 2.28. The van der Waals surface area contributed by atoms with Crippen LogP contribution in [0.2, 0.25) is 0 Å². The van der Waals surface area contributed by atoms with Crippen LogP contribution in [0.5, 0.6) is 11.5 Å². The molecular formula is C28H34O2. The van der Waals surface area contributed by atoms with Gasteiger partial charge in [-0.2, -0.15) is 0 Å². The summed E-state index contributed by atoms with van der Waals surface area (Å²) in [6, 6.07) is 25.3. The first kappa shape index (κ1) is 22.0. The molecule has 0 radical (unpaired) electrons. The highest BCUT2D eigenvalue weighted by atomic mass is 16.5. The smallest absolute Gasteiger partial charge is 0.123 e. The Morgan fingerprint density at radius 2 is 1.33 bits per heavy atom. The minimum Gasteiger partial charge on any atom is -0.490 e. The predicted octanol–water partition coefficient (Wildman–Crippen LogP) is 7.52. The Kier molecular flexibility index (Phi) is 7.57. The molecule has 2 nitrogen and oxygen atoms in total. The largest absolute Gasteiger partial charge is 0.490 e. The fraction of sp³-hybridized carbons (Fsp3) is 0.357. The van der Waals surface area contributed by atoms with Crippen molar-refractivity contribution in [1.29, 1.82) is 0 Å². The Bertz CT molecular complexity index is 911. The summed E-state index contributed by atoms with van der Waals surface area (Å²) in [5, 5.41) is 0. The molecule has 3 rings (SSSR count). The van der Waals surface area contributed by atoms with Crippen molar-refractivity contribution in [3.63, 3.8) is 0 Å². The number of ether oxygens (including phenoxy) is 2. The van der Waals surface area contributed by atoms with Crippen LogP contribution in [0, 0.1) is 0 Å². The summed E-state index contributed by atoms with van der Waals surface area (Å²) in [6.07, 6.45) is 0.854. The zero-order valence-electron chi connectivity index (χ0n) is 18.9. The number of hydrogen-bond donors (Lipinski definition) is 0. The summed E-state index contributed by atoms with van der Waals surface area (Å²) in [6.45, 7) is 11.5. The number of benzene rings is 3. The standard InChI is InChI=1S/C28H34O2/c1-20(2)24-11-14-27(15-12-24)30-22(5)17-26-18-25(21(3)4)13-16-28(26)29-19-23-9-7-6-8-10-23/h6-16,18,20-22H,17,19H2,1-5H3. The average molecular weight is 403 g/mol. The Balaban J connectivity index is 1.72. The van der Waals surface area contributed by atoms with E-state index < -0.39 is 0 Å². The first-order valence-corrected chi connectivity index (χ1v) is 11.0. The normalized spacial score (nSPS) is 12.2. The van der Waals surface area contributed by atoms with E-state index in [0.29, 0.717) is 18.4 Å². The SMILES string of the molecule is CC(Cc1cc(C(C)C)ccc1OCc1ccccc1)Oc1ccc(C(C)C)cc1. The molecule has 0 aromatic heterocycles. The van der Waals surface area contributed by atoms with Gasteiger partial charge in [0.05, 0.1) is 0 Å². The maximum Gasteiger partial charge on any atom is 0.123 e. The van der Waals surface area contributed by atoms with Gasteiger partial charge in [0.2, 0.25) is 0 Å². The first-order valence-electron chi connectivity index (χ1n) is 11.0. The first-order chi connectivity index (χ1) is 14.4. The molecule has 1 unspecified atom stereocenters. The molecule has 0 fully saturated rings. The summed E-state index contributed by atoms with van der Waals surface area (Å²) in [5.74, 6) is 2.86. The molecule has 0 aliphatic rings. The van der Waals surface area contributed by atoms with Gasteiger partial charge >= 0.3 is 0 Å². The van der Waals surface area contributed by atoms with E-state index in [9.17, 15) is 0 Å². The topological polar surface area (TPSA) is 18.5 Å². The van der Waals surface area contributed by atoms with Crippen molar-refractivity contribution in [3.8, 4) is 11.5 Å². The van der Waals surface area contributed by atoms with Gasteiger partial charge in [-0.3, -0.25) is 0 Å². The third-order valence-electron chi connectivity index (χ3n) is 5.38. The third-order valence-corrected chi connectivity index (χ3v) is 5.38.